The molecule has 3 aromatic rings. The lowest BCUT2D eigenvalue weighted by atomic mass is 10.1. The Morgan fingerprint density at radius 2 is 1.93 bits per heavy atom. The first-order valence-corrected chi connectivity index (χ1v) is 9.91. The van der Waals surface area contributed by atoms with Crippen LogP contribution in [0.15, 0.2) is 53.7 Å². The lowest BCUT2D eigenvalue weighted by Gasteiger charge is -2.17. The zero-order chi connectivity index (χ0) is 19.2. The summed E-state index contributed by atoms with van der Waals surface area (Å²) in [6, 6.07) is 15.7. The van der Waals surface area contributed by atoms with Crippen LogP contribution >= 0.6 is 11.8 Å². The summed E-state index contributed by atoms with van der Waals surface area (Å²) < 4.78 is 1.66. The zero-order valence-electron chi connectivity index (χ0n) is 15.7. The molecule has 1 unspecified atom stereocenters. The van der Waals surface area contributed by atoms with Gasteiger partial charge in [0.05, 0.1) is 10.9 Å². The molecule has 0 saturated heterocycles. The Morgan fingerprint density at radius 3 is 2.63 bits per heavy atom. The molecule has 27 heavy (non-hydrogen) atoms. The van der Waals surface area contributed by atoms with Crippen molar-refractivity contribution >= 4 is 23.4 Å². The second kappa shape index (κ2) is 8.81. The van der Waals surface area contributed by atoms with Gasteiger partial charge in [0.15, 0.2) is 0 Å². The number of nitrogens with one attached hydrogen (secondary N) is 1. The quantitative estimate of drug-likeness (QED) is 0.625. The molecule has 3 rings (SSSR count). The molecular weight excluding hydrogens is 358 g/mol. The second-order valence-corrected chi connectivity index (χ2v) is 7.35. The number of rotatable bonds is 7. The zero-order valence-corrected chi connectivity index (χ0v) is 16.5. The Balaban J connectivity index is 1.79. The summed E-state index contributed by atoms with van der Waals surface area (Å²) in [5.74, 6) is -0.0332. The number of carbonyl (C=O) groups excluding carboxylic acids is 1. The molecule has 0 radical (unpaired) electrons. The summed E-state index contributed by atoms with van der Waals surface area (Å²) in [6.45, 7) is 6.09. The Labute approximate surface area is 163 Å². The van der Waals surface area contributed by atoms with E-state index in [1.807, 2.05) is 62.4 Å². The van der Waals surface area contributed by atoms with Crippen LogP contribution < -0.4 is 5.32 Å². The number of benzene rings is 2. The fourth-order valence-electron chi connectivity index (χ4n) is 2.84. The van der Waals surface area contributed by atoms with Gasteiger partial charge in [-0.15, -0.1) is 5.10 Å². The van der Waals surface area contributed by atoms with Gasteiger partial charge in [0, 0.05) is 5.69 Å². The normalized spacial score (nSPS) is 12.0. The smallest absolute Gasteiger partial charge is 0.237 e. The van der Waals surface area contributed by atoms with Gasteiger partial charge in [-0.3, -0.25) is 4.79 Å². The largest absolute Gasteiger partial charge is 0.325 e. The van der Waals surface area contributed by atoms with Gasteiger partial charge < -0.3 is 5.32 Å². The number of amides is 1. The van der Waals surface area contributed by atoms with Crippen LogP contribution in [-0.4, -0.2) is 31.4 Å². The molecule has 6 nitrogen and oxygen atoms in total. The molecule has 2 aromatic carbocycles. The first kappa shape index (κ1) is 19.1. The Hall–Kier alpha value is -2.67. The van der Waals surface area contributed by atoms with E-state index in [1.165, 1.54) is 11.8 Å². The minimum atomic E-state index is -0.289. The molecule has 0 bridgehead atoms. The second-order valence-electron chi connectivity index (χ2n) is 6.18. The summed E-state index contributed by atoms with van der Waals surface area (Å²) in [7, 11) is 0. The van der Waals surface area contributed by atoms with E-state index in [-0.39, 0.29) is 11.2 Å². The summed E-state index contributed by atoms with van der Waals surface area (Å²) in [4.78, 5) is 12.9. The molecule has 0 aliphatic rings. The lowest BCUT2D eigenvalue weighted by molar-refractivity contribution is -0.115. The summed E-state index contributed by atoms with van der Waals surface area (Å²) in [6.07, 6.45) is 1.54. The maximum Gasteiger partial charge on any atom is 0.237 e. The van der Waals surface area contributed by atoms with E-state index >= 15 is 0 Å². The van der Waals surface area contributed by atoms with Crippen molar-refractivity contribution in [2.45, 2.75) is 44.0 Å². The number of aryl methyl sites for hydroxylation is 2. The van der Waals surface area contributed by atoms with Crippen LogP contribution in [0, 0.1) is 6.92 Å². The topological polar surface area (TPSA) is 72.7 Å². The maximum atomic E-state index is 12.9. The maximum absolute atomic E-state index is 12.9. The van der Waals surface area contributed by atoms with Crippen molar-refractivity contribution < 1.29 is 4.79 Å². The van der Waals surface area contributed by atoms with Crippen molar-refractivity contribution in [2.24, 2.45) is 0 Å². The van der Waals surface area contributed by atoms with Crippen molar-refractivity contribution in [3.63, 3.8) is 0 Å². The highest BCUT2D eigenvalue weighted by molar-refractivity contribution is 8.00. The van der Waals surface area contributed by atoms with Crippen molar-refractivity contribution in [1.29, 1.82) is 0 Å². The number of thioether (sulfide) groups is 1. The third-order valence-electron chi connectivity index (χ3n) is 4.34. The minimum Gasteiger partial charge on any atom is -0.325 e. The van der Waals surface area contributed by atoms with Crippen molar-refractivity contribution in [1.82, 2.24) is 20.2 Å². The molecule has 1 atom stereocenters. The molecular formula is C20H23N5OS. The Morgan fingerprint density at radius 1 is 1.15 bits per heavy atom. The van der Waals surface area contributed by atoms with Gasteiger partial charge in [0.25, 0.3) is 0 Å². The predicted molar refractivity (Wildman–Crippen MR) is 108 cm³/mol. The van der Waals surface area contributed by atoms with Gasteiger partial charge in [-0.25, -0.2) is 0 Å². The SMILES string of the molecule is CCc1cccc(C)c1NC(=O)C(CC)Sc1nnnn1-c1ccccc1. The van der Waals surface area contributed by atoms with E-state index in [0.717, 1.165) is 28.9 Å². The molecule has 0 spiro atoms. The first-order valence-electron chi connectivity index (χ1n) is 9.03. The minimum absolute atomic E-state index is 0.0332. The molecule has 7 heteroatoms. The van der Waals surface area contributed by atoms with Gasteiger partial charge >= 0.3 is 0 Å². The molecule has 1 heterocycles. The average molecular weight is 382 g/mol. The number of anilines is 1. The third-order valence-corrected chi connectivity index (χ3v) is 5.64. The Kier molecular flexibility index (Phi) is 6.24. The molecule has 1 amide bonds. The predicted octanol–water partition coefficient (Wildman–Crippen LogP) is 4.04. The number of carbonyl (C=O) groups is 1. The van der Waals surface area contributed by atoms with Crippen molar-refractivity contribution in [3.8, 4) is 5.69 Å². The van der Waals surface area contributed by atoms with Crippen LogP contribution in [0.5, 0.6) is 0 Å². The van der Waals surface area contributed by atoms with Crippen LogP contribution in [0.4, 0.5) is 5.69 Å². The van der Waals surface area contributed by atoms with Gasteiger partial charge in [0.2, 0.25) is 11.1 Å². The highest BCUT2D eigenvalue weighted by Crippen LogP contribution is 2.28. The van der Waals surface area contributed by atoms with Crippen molar-refractivity contribution in [3.05, 3.63) is 59.7 Å². The van der Waals surface area contributed by atoms with Crippen LogP contribution in [0.2, 0.25) is 0 Å². The number of nitrogens with zero attached hydrogens (tertiary/aromatic N) is 4. The fourth-order valence-corrected chi connectivity index (χ4v) is 3.75. The summed E-state index contributed by atoms with van der Waals surface area (Å²) in [5.41, 5.74) is 3.98. The number of tetrazole rings is 1. The van der Waals surface area contributed by atoms with E-state index in [0.29, 0.717) is 11.6 Å². The molecule has 1 aromatic heterocycles. The Bertz CT molecular complexity index is 910. The standard InChI is InChI=1S/C20H23N5OS/c1-4-15-11-9-10-14(3)18(15)21-19(26)17(5-2)27-20-22-23-24-25(20)16-12-7-6-8-13-16/h6-13,17H,4-5H2,1-3H3,(H,21,26). The van der Waals surface area contributed by atoms with E-state index in [2.05, 4.69) is 27.8 Å². The average Bonchev–Trinajstić information content (AvgIpc) is 3.16. The number of hydrogen-bond donors (Lipinski definition) is 1. The van der Waals surface area contributed by atoms with Gasteiger partial charge in [-0.2, -0.15) is 4.68 Å². The number of hydrogen-bond acceptors (Lipinski definition) is 5. The summed E-state index contributed by atoms with van der Waals surface area (Å²) in [5, 5.41) is 15.4. The van der Waals surface area contributed by atoms with E-state index in [9.17, 15) is 4.79 Å². The van der Waals surface area contributed by atoms with Gasteiger partial charge in [0.1, 0.15) is 0 Å². The molecule has 0 aliphatic carbocycles. The number of para-hydroxylation sites is 2. The van der Waals surface area contributed by atoms with E-state index in [4.69, 9.17) is 0 Å². The van der Waals surface area contributed by atoms with Crippen LogP contribution in [0.3, 0.4) is 0 Å². The highest BCUT2D eigenvalue weighted by Gasteiger charge is 2.23. The van der Waals surface area contributed by atoms with Crippen LogP contribution in [0.25, 0.3) is 5.69 Å². The van der Waals surface area contributed by atoms with Gasteiger partial charge in [-0.05, 0) is 53.5 Å². The fraction of sp³-hybridized carbons (Fsp3) is 0.300. The molecule has 0 aliphatic heterocycles. The summed E-state index contributed by atoms with van der Waals surface area (Å²) >= 11 is 1.38. The van der Waals surface area contributed by atoms with Crippen LogP contribution in [-0.2, 0) is 11.2 Å². The first-order chi connectivity index (χ1) is 13.1. The highest BCUT2D eigenvalue weighted by atomic mass is 32.2. The van der Waals surface area contributed by atoms with E-state index in [1.54, 1.807) is 4.68 Å². The number of aromatic nitrogens is 4. The molecule has 1 N–H and O–H groups in total. The van der Waals surface area contributed by atoms with E-state index < -0.39 is 0 Å². The van der Waals surface area contributed by atoms with Gasteiger partial charge in [-0.1, -0.05) is 62.0 Å². The third kappa shape index (κ3) is 4.36. The molecule has 140 valence electrons. The lowest BCUT2D eigenvalue weighted by Crippen LogP contribution is -2.26. The van der Waals surface area contributed by atoms with Crippen molar-refractivity contribution in [2.75, 3.05) is 5.32 Å². The monoisotopic (exact) mass is 381 g/mol. The van der Waals surface area contributed by atoms with Crippen LogP contribution in [0.1, 0.15) is 31.4 Å². The molecule has 0 fully saturated rings. The molecule has 0 saturated carbocycles.